The molecule has 0 bridgehead atoms. The van der Waals surface area contributed by atoms with E-state index in [9.17, 15) is 10.1 Å². The fourth-order valence-corrected chi connectivity index (χ4v) is 6.69. The smallest absolute Gasteiger partial charge is 0.241 e. The van der Waals surface area contributed by atoms with Gasteiger partial charge in [-0.25, -0.2) is 0 Å². The van der Waals surface area contributed by atoms with Crippen LogP contribution in [-0.4, -0.2) is 22.2 Å². The van der Waals surface area contributed by atoms with Gasteiger partial charge < -0.3 is 5.32 Å². The van der Waals surface area contributed by atoms with Crippen LogP contribution >= 0.6 is 23.2 Å². The maximum Gasteiger partial charge on any atom is 0.241 e. The van der Waals surface area contributed by atoms with Crippen molar-refractivity contribution in [2.75, 3.05) is 0 Å². The molecular formula is C13H14Cl2N2O. The van der Waals surface area contributed by atoms with Crippen LogP contribution in [0.25, 0.3) is 0 Å². The first kappa shape index (κ1) is 11.4. The number of hydrogen-bond acceptors (Lipinski definition) is 2. The van der Waals surface area contributed by atoms with E-state index in [2.05, 4.69) is 11.4 Å². The topological polar surface area (TPSA) is 52.9 Å². The Bertz CT molecular complexity index is 492. The minimum absolute atomic E-state index is 0.0587. The van der Waals surface area contributed by atoms with Crippen molar-refractivity contribution >= 4 is 29.1 Å². The molecule has 4 atom stereocenters. The standard InChI is InChI=1S/C13H14Cl2N2O/c1-4(2)17-11(18)13(15)6-5-7(13)9-10(14)8(6)12(5,9)3-16/h4-10H,1-2H3,(H,17,18). The zero-order valence-corrected chi connectivity index (χ0v) is 11.7. The van der Waals surface area contributed by atoms with Gasteiger partial charge in [0.2, 0.25) is 5.91 Å². The summed E-state index contributed by atoms with van der Waals surface area (Å²) in [4.78, 5) is 11.5. The number of carbonyl (C=O) groups excluding carboxylic acids is 1. The number of amides is 1. The van der Waals surface area contributed by atoms with Crippen LogP contribution in [0.4, 0.5) is 0 Å². The Labute approximate surface area is 116 Å². The van der Waals surface area contributed by atoms with Gasteiger partial charge in [0.25, 0.3) is 0 Å². The fraction of sp³-hybridized carbons (Fsp3) is 0.846. The molecule has 96 valence electrons. The molecule has 5 heteroatoms. The maximum atomic E-state index is 12.3. The monoisotopic (exact) mass is 284 g/mol. The third-order valence-corrected chi connectivity index (χ3v) is 7.04. The largest absolute Gasteiger partial charge is 0.352 e. The fourth-order valence-electron chi connectivity index (χ4n) is 5.36. The summed E-state index contributed by atoms with van der Waals surface area (Å²) in [6.45, 7) is 3.86. The van der Waals surface area contributed by atoms with Crippen molar-refractivity contribution in [3.8, 4) is 6.07 Å². The number of nitrogens with one attached hydrogen (secondary N) is 1. The summed E-state index contributed by atoms with van der Waals surface area (Å²) in [6.07, 6.45) is 0. The van der Waals surface area contributed by atoms with Gasteiger partial charge in [-0.3, -0.25) is 4.79 Å². The zero-order valence-electron chi connectivity index (χ0n) is 10.2. The van der Waals surface area contributed by atoms with Gasteiger partial charge in [0.15, 0.2) is 0 Å². The number of carbonyl (C=O) groups is 1. The number of nitrogens with zero attached hydrogens (tertiary/aromatic N) is 1. The summed E-state index contributed by atoms with van der Waals surface area (Å²) in [6, 6.07) is 2.54. The molecule has 0 aromatic rings. The summed E-state index contributed by atoms with van der Waals surface area (Å²) in [5.41, 5.74) is -0.210. The van der Waals surface area contributed by atoms with Gasteiger partial charge in [-0.05, 0) is 31.6 Å². The number of rotatable bonds is 2. The second kappa shape index (κ2) is 2.83. The molecule has 0 radical (unpaired) electrons. The van der Waals surface area contributed by atoms with Crippen molar-refractivity contribution in [2.24, 2.45) is 35.0 Å². The Morgan fingerprint density at radius 3 is 2.28 bits per heavy atom. The maximum absolute atomic E-state index is 12.3. The molecule has 0 aromatic heterocycles. The van der Waals surface area contributed by atoms with Crippen molar-refractivity contribution in [2.45, 2.75) is 30.1 Å². The van der Waals surface area contributed by atoms with Crippen LogP contribution in [0.3, 0.4) is 0 Å². The summed E-state index contributed by atoms with van der Waals surface area (Å²) < 4.78 is 0. The van der Waals surface area contributed by atoms with Gasteiger partial charge in [0, 0.05) is 23.3 Å². The normalized spacial score (nSPS) is 61.3. The minimum Gasteiger partial charge on any atom is -0.352 e. The van der Waals surface area contributed by atoms with Gasteiger partial charge >= 0.3 is 0 Å². The minimum atomic E-state index is -0.783. The first-order valence-corrected chi connectivity index (χ1v) is 7.29. The van der Waals surface area contributed by atoms with Crippen molar-refractivity contribution in [3.63, 3.8) is 0 Å². The van der Waals surface area contributed by atoms with E-state index in [1.54, 1.807) is 0 Å². The third kappa shape index (κ3) is 0.742. The Morgan fingerprint density at radius 2 is 1.83 bits per heavy atom. The first-order valence-electron chi connectivity index (χ1n) is 6.47. The van der Waals surface area contributed by atoms with Crippen molar-refractivity contribution in [1.82, 2.24) is 5.32 Å². The van der Waals surface area contributed by atoms with Crippen LogP contribution in [0.15, 0.2) is 0 Å². The lowest BCUT2D eigenvalue weighted by molar-refractivity contribution is -0.421. The number of nitriles is 1. The average molecular weight is 285 g/mol. The lowest BCUT2D eigenvalue weighted by Gasteiger charge is -2.93. The third-order valence-electron chi connectivity index (χ3n) is 5.82. The van der Waals surface area contributed by atoms with Crippen molar-refractivity contribution < 1.29 is 4.79 Å². The predicted molar refractivity (Wildman–Crippen MR) is 67.0 cm³/mol. The van der Waals surface area contributed by atoms with Gasteiger partial charge in [0.05, 0.1) is 11.5 Å². The van der Waals surface area contributed by atoms with E-state index in [0.717, 1.165) is 0 Å². The van der Waals surface area contributed by atoms with E-state index in [4.69, 9.17) is 23.2 Å². The highest BCUT2D eigenvalue weighted by Crippen LogP contribution is 2.95. The lowest BCUT2D eigenvalue weighted by Crippen LogP contribution is -2.99. The van der Waals surface area contributed by atoms with Crippen LogP contribution in [0.2, 0.25) is 0 Å². The van der Waals surface area contributed by atoms with Crippen LogP contribution in [0, 0.1) is 46.3 Å². The first-order chi connectivity index (χ1) is 8.42. The van der Waals surface area contributed by atoms with E-state index in [1.165, 1.54) is 0 Å². The second-order valence-corrected chi connectivity index (χ2v) is 7.64. The molecule has 4 fully saturated rings. The predicted octanol–water partition coefficient (Wildman–Crippen LogP) is 1.74. The van der Waals surface area contributed by atoms with Crippen molar-refractivity contribution in [1.29, 1.82) is 5.26 Å². The Balaban J connectivity index is 1.64. The molecule has 4 aliphatic rings. The highest BCUT2D eigenvalue weighted by atomic mass is 35.5. The van der Waals surface area contributed by atoms with Crippen LogP contribution in [-0.2, 0) is 4.79 Å². The molecule has 18 heavy (non-hydrogen) atoms. The number of halogens is 2. The molecule has 0 heterocycles. The van der Waals surface area contributed by atoms with Crippen molar-refractivity contribution in [3.05, 3.63) is 0 Å². The van der Waals surface area contributed by atoms with E-state index in [0.29, 0.717) is 5.92 Å². The zero-order chi connectivity index (χ0) is 13.0. The Kier molecular flexibility index (Phi) is 1.79. The molecule has 4 aliphatic carbocycles. The molecule has 4 unspecified atom stereocenters. The number of alkyl halides is 2. The molecule has 4 rings (SSSR count). The summed E-state index contributed by atoms with van der Waals surface area (Å²) in [7, 11) is 0. The van der Waals surface area contributed by atoms with E-state index in [-0.39, 0.29) is 46.4 Å². The van der Waals surface area contributed by atoms with Crippen LogP contribution in [0.5, 0.6) is 0 Å². The molecule has 0 spiro atoms. The molecule has 0 aromatic carbocycles. The quantitative estimate of drug-likeness (QED) is 0.786. The van der Waals surface area contributed by atoms with Gasteiger partial charge in [-0.1, -0.05) is 0 Å². The molecule has 3 nitrogen and oxygen atoms in total. The SMILES string of the molecule is CC(C)NC(=O)C1(Cl)C2C3C(Cl)C4C1C2C34C#N. The van der Waals surface area contributed by atoms with Crippen LogP contribution < -0.4 is 5.32 Å². The van der Waals surface area contributed by atoms with E-state index in [1.807, 2.05) is 13.8 Å². The highest BCUT2D eigenvalue weighted by molar-refractivity contribution is 6.37. The average Bonchev–Trinajstić information content (AvgIpc) is 2.29. The highest BCUT2D eigenvalue weighted by Gasteiger charge is 3.00. The molecule has 0 saturated heterocycles. The molecule has 4 saturated carbocycles. The van der Waals surface area contributed by atoms with E-state index < -0.39 is 4.87 Å². The number of hydrogen-bond donors (Lipinski definition) is 1. The van der Waals surface area contributed by atoms with E-state index >= 15 is 0 Å². The number of fused-ring (bicyclic) bond motifs is 2. The van der Waals surface area contributed by atoms with Gasteiger partial charge in [-0.2, -0.15) is 5.26 Å². The molecular weight excluding hydrogens is 271 g/mol. The van der Waals surface area contributed by atoms with Crippen LogP contribution in [0.1, 0.15) is 13.8 Å². The summed E-state index contributed by atoms with van der Waals surface area (Å²) >= 11 is 12.9. The lowest BCUT2D eigenvalue weighted by atomic mass is 9.10. The molecule has 1 amide bonds. The van der Waals surface area contributed by atoms with Gasteiger partial charge in [-0.15, -0.1) is 23.2 Å². The molecule has 0 aliphatic heterocycles. The Morgan fingerprint density at radius 1 is 1.28 bits per heavy atom. The summed E-state index contributed by atoms with van der Waals surface area (Å²) in [5, 5.41) is 12.3. The van der Waals surface area contributed by atoms with Gasteiger partial charge in [0.1, 0.15) is 4.87 Å². The second-order valence-electron chi connectivity index (χ2n) is 6.51. The molecule has 1 N–H and O–H groups in total. The summed E-state index contributed by atoms with van der Waals surface area (Å²) in [5.74, 6) is 0.794. The Hall–Kier alpha value is -0.460.